The van der Waals surface area contributed by atoms with E-state index in [1.54, 1.807) is 12.1 Å². The summed E-state index contributed by atoms with van der Waals surface area (Å²) in [5, 5.41) is 8.97. The summed E-state index contributed by atoms with van der Waals surface area (Å²) >= 11 is 0. The highest BCUT2D eigenvalue weighted by atomic mass is 32.2. The average Bonchev–Trinajstić information content (AvgIpc) is 2.54. The van der Waals surface area contributed by atoms with Gasteiger partial charge in [0, 0.05) is 6.54 Å². The molecule has 120 valence electrons. The number of rotatable bonds is 4. The molecule has 0 aromatic heterocycles. The van der Waals surface area contributed by atoms with Crippen LogP contribution >= 0.6 is 0 Å². The predicted molar refractivity (Wildman–Crippen MR) is 77.4 cm³/mol. The number of benzene rings is 1. The van der Waals surface area contributed by atoms with Gasteiger partial charge in [0.2, 0.25) is 0 Å². The molecule has 1 atom stereocenters. The molecule has 1 aliphatic heterocycles. The van der Waals surface area contributed by atoms with Crippen molar-refractivity contribution in [3.63, 3.8) is 0 Å². The maximum absolute atomic E-state index is 12.6. The minimum absolute atomic E-state index is 0.0270. The van der Waals surface area contributed by atoms with Crippen molar-refractivity contribution in [3.8, 4) is 0 Å². The number of carboxylic acids is 1. The Kier molecular flexibility index (Phi) is 4.82. The lowest BCUT2D eigenvalue weighted by atomic mass is 10.1. The third-order valence-corrected chi connectivity index (χ3v) is 5.25. The first-order valence-electron chi connectivity index (χ1n) is 6.82. The summed E-state index contributed by atoms with van der Waals surface area (Å²) in [5.41, 5.74) is 0.0652. The van der Waals surface area contributed by atoms with Crippen molar-refractivity contribution >= 4 is 21.7 Å². The summed E-state index contributed by atoms with van der Waals surface area (Å²) in [6.07, 6.45) is -1.09. The second-order valence-corrected chi connectivity index (χ2v) is 7.10. The molecule has 1 N–H and O–H groups in total. The molecule has 1 aromatic carbocycles. The first kappa shape index (κ1) is 16.4. The van der Waals surface area contributed by atoms with Crippen LogP contribution < -0.4 is 0 Å². The molecule has 1 aliphatic rings. The Morgan fingerprint density at radius 1 is 1.36 bits per heavy atom. The van der Waals surface area contributed by atoms with Crippen LogP contribution in [0.4, 0.5) is 0 Å². The molecule has 2 rings (SSSR count). The van der Waals surface area contributed by atoms with E-state index in [4.69, 9.17) is 9.84 Å². The van der Waals surface area contributed by atoms with Gasteiger partial charge >= 0.3 is 5.97 Å². The largest absolute Gasteiger partial charge is 0.479 e. The van der Waals surface area contributed by atoms with Crippen LogP contribution in [0, 0.1) is 0 Å². The lowest BCUT2D eigenvalue weighted by Gasteiger charge is -2.31. The van der Waals surface area contributed by atoms with Crippen molar-refractivity contribution in [2.75, 3.05) is 25.4 Å². The number of amides is 1. The molecule has 0 unspecified atom stereocenters. The van der Waals surface area contributed by atoms with Crippen LogP contribution in [0.25, 0.3) is 0 Å². The zero-order valence-electron chi connectivity index (χ0n) is 12.1. The van der Waals surface area contributed by atoms with Gasteiger partial charge in [0.15, 0.2) is 15.9 Å². The monoisotopic (exact) mass is 327 g/mol. The van der Waals surface area contributed by atoms with Crippen molar-refractivity contribution < 1.29 is 27.9 Å². The number of carboxylic acid groups (broad SMARTS) is 1. The highest BCUT2D eigenvalue weighted by Gasteiger charge is 2.31. The Hall–Kier alpha value is -1.93. The maximum atomic E-state index is 12.6. The van der Waals surface area contributed by atoms with Gasteiger partial charge in [0.1, 0.15) is 0 Å². The van der Waals surface area contributed by atoms with E-state index in [2.05, 4.69) is 0 Å². The standard InChI is InChI=1S/C14H17NO6S/c1-2-22(19,20)12-6-4-3-5-10(12)13(16)15-7-8-21-11(9-15)14(17)18/h3-6,11H,2,7-9H2,1H3,(H,17,18)/t11-/m1/s1. The van der Waals surface area contributed by atoms with Crippen molar-refractivity contribution in [2.45, 2.75) is 17.9 Å². The molecule has 0 radical (unpaired) electrons. The molecular weight excluding hydrogens is 310 g/mol. The maximum Gasteiger partial charge on any atom is 0.334 e. The van der Waals surface area contributed by atoms with Crippen LogP contribution in [0.3, 0.4) is 0 Å². The third kappa shape index (κ3) is 3.28. The van der Waals surface area contributed by atoms with Crippen molar-refractivity contribution in [1.82, 2.24) is 4.90 Å². The lowest BCUT2D eigenvalue weighted by Crippen LogP contribution is -2.48. The van der Waals surface area contributed by atoms with Crippen molar-refractivity contribution in [2.24, 2.45) is 0 Å². The van der Waals surface area contributed by atoms with Gasteiger partial charge in [-0.2, -0.15) is 0 Å². The number of carbonyl (C=O) groups excluding carboxylic acids is 1. The third-order valence-electron chi connectivity index (χ3n) is 3.46. The van der Waals surface area contributed by atoms with Gasteiger partial charge in [0.25, 0.3) is 5.91 Å². The number of morpholine rings is 1. The van der Waals surface area contributed by atoms with Gasteiger partial charge in [0.05, 0.1) is 29.4 Å². The summed E-state index contributed by atoms with van der Waals surface area (Å²) in [4.78, 5) is 24.8. The summed E-state index contributed by atoms with van der Waals surface area (Å²) in [7, 11) is -3.54. The predicted octanol–water partition coefficient (Wildman–Crippen LogP) is 0.406. The number of hydrogen-bond acceptors (Lipinski definition) is 5. The number of hydrogen-bond donors (Lipinski definition) is 1. The Morgan fingerprint density at radius 2 is 2.05 bits per heavy atom. The normalized spacial score (nSPS) is 19.0. The Balaban J connectivity index is 2.32. The zero-order chi connectivity index (χ0) is 16.3. The van der Waals surface area contributed by atoms with E-state index in [0.29, 0.717) is 0 Å². The molecule has 0 spiro atoms. The SMILES string of the molecule is CCS(=O)(=O)c1ccccc1C(=O)N1CCO[C@@H](C(=O)O)C1. The van der Waals surface area contributed by atoms with E-state index in [1.165, 1.54) is 24.0 Å². The van der Waals surface area contributed by atoms with E-state index >= 15 is 0 Å². The summed E-state index contributed by atoms with van der Waals surface area (Å²) in [6.45, 7) is 1.73. The van der Waals surface area contributed by atoms with Crippen LogP contribution in [-0.2, 0) is 19.4 Å². The van der Waals surface area contributed by atoms with Gasteiger partial charge < -0.3 is 14.7 Å². The Morgan fingerprint density at radius 3 is 2.68 bits per heavy atom. The first-order valence-corrected chi connectivity index (χ1v) is 8.47. The van der Waals surface area contributed by atoms with Gasteiger partial charge in [-0.25, -0.2) is 13.2 Å². The number of ether oxygens (including phenoxy) is 1. The van der Waals surface area contributed by atoms with E-state index in [0.717, 1.165) is 0 Å². The minimum Gasteiger partial charge on any atom is -0.479 e. The molecule has 1 heterocycles. The number of carbonyl (C=O) groups is 2. The summed E-state index contributed by atoms with van der Waals surface area (Å²) in [6, 6.07) is 5.97. The molecular formula is C14H17NO6S. The fourth-order valence-electron chi connectivity index (χ4n) is 2.22. The number of sulfone groups is 1. The highest BCUT2D eigenvalue weighted by Crippen LogP contribution is 2.20. The van der Waals surface area contributed by atoms with Crippen molar-refractivity contribution in [3.05, 3.63) is 29.8 Å². The van der Waals surface area contributed by atoms with Crippen LogP contribution in [0.2, 0.25) is 0 Å². The molecule has 0 bridgehead atoms. The van der Waals surface area contributed by atoms with E-state index in [9.17, 15) is 18.0 Å². The summed E-state index contributed by atoms with van der Waals surface area (Å²) in [5.74, 6) is -1.76. The van der Waals surface area contributed by atoms with Gasteiger partial charge in [-0.1, -0.05) is 19.1 Å². The average molecular weight is 327 g/mol. The van der Waals surface area contributed by atoms with E-state index < -0.39 is 27.8 Å². The molecule has 1 fully saturated rings. The highest BCUT2D eigenvalue weighted by molar-refractivity contribution is 7.91. The van der Waals surface area contributed by atoms with E-state index in [-0.39, 0.29) is 35.9 Å². The zero-order valence-corrected chi connectivity index (χ0v) is 12.9. The van der Waals surface area contributed by atoms with E-state index in [1.807, 2.05) is 0 Å². The molecule has 0 aliphatic carbocycles. The lowest BCUT2D eigenvalue weighted by molar-refractivity contribution is -0.154. The van der Waals surface area contributed by atoms with Crippen LogP contribution in [0.5, 0.6) is 0 Å². The molecule has 7 nitrogen and oxygen atoms in total. The quantitative estimate of drug-likeness (QED) is 0.859. The van der Waals surface area contributed by atoms with Crippen molar-refractivity contribution in [1.29, 1.82) is 0 Å². The van der Waals surface area contributed by atoms with Crippen LogP contribution in [0.1, 0.15) is 17.3 Å². The molecule has 1 amide bonds. The van der Waals surface area contributed by atoms with Crippen LogP contribution in [0.15, 0.2) is 29.2 Å². The fourth-order valence-corrected chi connectivity index (χ4v) is 3.31. The minimum atomic E-state index is -3.54. The molecule has 8 heteroatoms. The Bertz CT molecular complexity index is 684. The molecule has 1 aromatic rings. The topological polar surface area (TPSA) is 101 Å². The number of nitrogens with zero attached hydrogens (tertiary/aromatic N) is 1. The fraction of sp³-hybridized carbons (Fsp3) is 0.429. The molecule has 22 heavy (non-hydrogen) atoms. The number of aliphatic carboxylic acids is 1. The molecule has 1 saturated heterocycles. The second-order valence-electron chi connectivity index (χ2n) is 4.85. The molecule has 0 saturated carbocycles. The van der Waals surface area contributed by atoms with Gasteiger partial charge in [-0.15, -0.1) is 0 Å². The summed E-state index contributed by atoms with van der Waals surface area (Å²) < 4.78 is 29.2. The van der Waals surface area contributed by atoms with Crippen LogP contribution in [-0.4, -0.2) is 61.9 Å². The Labute approximate surface area is 128 Å². The second kappa shape index (κ2) is 6.45. The van der Waals surface area contributed by atoms with Gasteiger partial charge in [-0.05, 0) is 12.1 Å². The smallest absolute Gasteiger partial charge is 0.334 e. The van der Waals surface area contributed by atoms with Gasteiger partial charge in [-0.3, -0.25) is 4.79 Å². The first-order chi connectivity index (χ1) is 10.4.